The zero-order chi connectivity index (χ0) is 14.8. The summed E-state index contributed by atoms with van der Waals surface area (Å²) in [4.78, 5) is 23.0. The van der Waals surface area contributed by atoms with E-state index in [-0.39, 0.29) is 4.90 Å². The van der Waals surface area contributed by atoms with Gasteiger partial charge in [-0.1, -0.05) is 0 Å². The Morgan fingerprint density at radius 2 is 2.05 bits per heavy atom. The largest absolute Gasteiger partial charge is 0.480 e. The fourth-order valence-electron chi connectivity index (χ4n) is 1.51. The molecule has 0 fully saturated rings. The van der Waals surface area contributed by atoms with Gasteiger partial charge < -0.3 is 10.8 Å². The Bertz CT molecular complexity index is 605. The van der Waals surface area contributed by atoms with E-state index in [4.69, 9.17) is 10.8 Å². The summed E-state index contributed by atoms with van der Waals surface area (Å²) in [5, 5.41) is 8.87. The maximum absolute atomic E-state index is 12.0. The highest BCUT2D eigenvalue weighted by molar-refractivity contribution is 7.89. The number of primary amides is 1. The van der Waals surface area contributed by atoms with Crippen LogP contribution in [0.5, 0.6) is 0 Å². The number of amides is 1. The van der Waals surface area contributed by atoms with Crippen molar-refractivity contribution >= 4 is 33.2 Å². The average molecular weight is 306 g/mol. The lowest BCUT2D eigenvalue weighted by Gasteiger charge is -2.12. The highest BCUT2D eigenvalue weighted by Crippen LogP contribution is 2.25. The zero-order valence-electron chi connectivity index (χ0n) is 10.3. The summed E-state index contributed by atoms with van der Waals surface area (Å²) in [5.41, 5.74) is 4.89. The van der Waals surface area contributed by atoms with Gasteiger partial charge in [0, 0.05) is 9.75 Å². The van der Waals surface area contributed by atoms with E-state index < -0.39 is 34.4 Å². The molecule has 0 unspecified atom stereocenters. The average Bonchev–Trinajstić information content (AvgIpc) is 2.56. The summed E-state index contributed by atoms with van der Waals surface area (Å²) < 4.78 is 26.1. The van der Waals surface area contributed by atoms with Crippen LogP contribution >= 0.6 is 11.3 Å². The number of carboxylic acids is 1. The third kappa shape index (κ3) is 4.01. The molecule has 0 spiro atoms. The molecule has 7 nitrogen and oxygen atoms in total. The minimum Gasteiger partial charge on any atom is -0.480 e. The zero-order valence-corrected chi connectivity index (χ0v) is 12.0. The Labute approximate surface area is 114 Å². The predicted molar refractivity (Wildman–Crippen MR) is 69.3 cm³/mol. The lowest BCUT2D eigenvalue weighted by Crippen LogP contribution is -2.43. The molecule has 4 N–H and O–H groups in total. The Kier molecular flexibility index (Phi) is 4.66. The number of aliphatic carboxylic acids is 1. The molecule has 19 heavy (non-hydrogen) atoms. The van der Waals surface area contributed by atoms with Gasteiger partial charge in [0.1, 0.15) is 6.04 Å². The van der Waals surface area contributed by atoms with Crippen molar-refractivity contribution in [1.82, 2.24) is 4.72 Å². The van der Waals surface area contributed by atoms with Crippen molar-refractivity contribution < 1.29 is 23.1 Å². The number of carbonyl (C=O) groups excluding carboxylic acids is 1. The molecule has 0 saturated heterocycles. The van der Waals surface area contributed by atoms with Crippen molar-refractivity contribution in [3.63, 3.8) is 0 Å². The molecule has 106 valence electrons. The van der Waals surface area contributed by atoms with Crippen molar-refractivity contribution in [2.24, 2.45) is 5.73 Å². The van der Waals surface area contributed by atoms with Crippen molar-refractivity contribution in [1.29, 1.82) is 0 Å². The highest BCUT2D eigenvalue weighted by atomic mass is 32.2. The van der Waals surface area contributed by atoms with Crippen molar-refractivity contribution in [2.75, 3.05) is 0 Å². The number of carbonyl (C=O) groups is 2. The first-order chi connectivity index (χ1) is 8.63. The van der Waals surface area contributed by atoms with Crippen molar-refractivity contribution in [3.05, 3.63) is 15.8 Å². The molecule has 0 radical (unpaired) electrons. The van der Waals surface area contributed by atoms with Crippen LogP contribution in [-0.2, 0) is 19.6 Å². The predicted octanol–water partition coefficient (Wildman–Crippen LogP) is -0.0282. The Balaban J connectivity index is 3.04. The summed E-state index contributed by atoms with van der Waals surface area (Å²) >= 11 is 1.29. The van der Waals surface area contributed by atoms with Crippen LogP contribution in [-0.4, -0.2) is 31.4 Å². The van der Waals surface area contributed by atoms with Crippen LogP contribution < -0.4 is 10.5 Å². The molecule has 1 heterocycles. The molecular weight excluding hydrogens is 292 g/mol. The van der Waals surface area contributed by atoms with E-state index in [1.165, 1.54) is 17.4 Å². The van der Waals surface area contributed by atoms with Crippen molar-refractivity contribution in [3.8, 4) is 0 Å². The summed E-state index contributed by atoms with van der Waals surface area (Å²) in [7, 11) is -3.99. The molecule has 0 aromatic carbocycles. The summed E-state index contributed by atoms with van der Waals surface area (Å²) in [6.07, 6.45) is -0.600. The van der Waals surface area contributed by atoms with Gasteiger partial charge in [0.25, 0.3) is 0 Å². The van der Waals surface area contributed by atoms with E-state index >= 15 is 0 Å². The first kappa shape index (κ1) is 15.6. The third-order valence-electron chi connectivity index (χ3n) is 2.29. The van der Waals surface area contributed by atoms with Crippen LogP contribution in [0.4, 0.5) is 0 Å². The van der Waals surface area contributed by atoms with Crippen LogP contribution in [0.15, 0.2) is 11.0 Å². The van der Waals surface area contributed by atoms with Gasteiger partial charge in [-0.3, -0.25) is 9.59 Å². The molecule has 9 heteroatoms. The lowest BCUT2D eigenvalue weighted by molar-refractivity contribution is -0.140. The molecule has 0 aliphatic heterocycles. The summed E-state index contributed by atoms with van der Waals surface area (Å²) in [6.45, 7) is 3.37. The second kappa shape index (κ2) is 5.68. The van der Waals surface area contributed by atoms with E-state index in [2.05, 4.69) is 0 Å². The Morgan fingerprint density at radius 3 is 2.42 bits per heavy atom. The van der Waals surface area contributed by atoms with Crippen LogP contribution in [0.25, 0.3) is 0 Å². The van der Waals surface area contributed by atoms with E-state index in [9.17, 15) is 18.0 Å². The molecule has 1 aromatic heterocycles. The molecule has 0 aliphatic rings. The molecule has 0 bridgehead atoms. The number of carboxylic acid groups (broad SMARTS) is 1. The van der Waals surface area contributed by atoms with E-state index in [0.29, 0.717) is 4.88 Å². The maximum atomic E-state index is 12.0. The third-order valence-corrected chi connectivity index (χ3v) is 4.98. The lowest BCUT2D eigenvalue weighted by atomic mass is 10.2. The molecule has 0 saturated carbocycles. The Morgan fingerprint density at radius 1 is 1.47 bits per heavy atom. The maximum Gasteiger partial charge on any atom is 0.322 e. The van der Waals surface area contributed by atoms with Gasteiger partial charge in [0.15, 0.2) is 0 Å². The number of rotatable bonds is 6. The van der Waals surface area contributed by atoms with E-state index in [1.807, 2.05) is 4.72 Å². The van der Waals surface area contributed by atoms with Crippen LogP contribution in [0.2, 0.25) is 0 Å². The summed E-state index contributed by atoms with van der Waals surface area (Å²) in [5.74, 6) is -2.35. The van der Waals surface area contributed by atoms with Crippen LogP contribution in [0.1, 0.15) is 16.2 Å². The number of hydrogen-bond donors (Lipinski definition) is 3. The number of aryl methyl sites for hydroxylation is 2. The van der Waals surface area contributed by atoms with E-state index in [1.54, 1.807) is 13.8 Å². The fraction of sp³-hybridized carbons (Fsp3) is 0.400. The fourth-order valence-corrected chi connectivity index (χ4v) is 4.25. The number of thiophene rings is 1. The highest BCUT2D eigenvalue weighted by Gasteiger charge is 2.28. The van der Waals surface area contributed by atoms with E-state index in [0.717, 1.165) is 4.88 Å². The minimum absolute atomic E-state index is 0.0192. The van der Waals surface area contributed by atoms with Crippen LogP contribution in [0.3, 0.4) is 0 Å². The normalized spacial score (nSPS) is 13.2. The number of hydrogen-bond acceptors (Lipinski definition) is 5. The Hall–Kier alpha value is -1.45. The molecule has 1 amide bonds. The summed E-state index contributed by atoms with van der Waals surface area (Å²) in [6, 6.07) is -0.118. The second-order valence-electron chi connectivity index (χ2n) is 3.96. The van der Waals surface area contributed by atoms with Gasteiger partial charge in [0.2, 0.25) is 15.9 Å². The molecule has 1 rings (SSSR count). The van der Waals surface area contributed by atoms with Gasteiger partial charge in [-0.25, -0.2) is 8.42 Å². The molecule has 1 aromatic rings. The standard InChI is InChI=1S/C10H14N2O5S2/c1-5-3-8(6(2)18-5)19(16,17)12-7(10(14)15)4-9(11)13/h3,7,12H,4H2,1-2H3,(H2,11,13)(H,14,15)/t7-/m0/s1. The van der Waals surface area contributed by atoms with Gasteiger partial charge in [0.05, 0.1) is 11.3 Å². The first-order valence-corrected chi connectivity index (χ1v) is 7.54. The van der Waals surface area contributed by atoms with Crippen LogP contribution in [0, 0.1) is 13.8 Å². The number of nitrogens with two attached hydrogens (primary N) is 1. The molecular formula is C10H14N2O5S2. The van der Waals surface area contributed by atoms with Gasteiger partial charge >= 0.3 is 5.97 Å². The molecule has 0 aliphatic carbocycles. The monoisotopic (exact) mass is 306 g/mol. The van der Waals surface area contributed by atoms with Gasteiger partial charge in [-0.05, 0) is 19.9 Å². The topological polar surface area (TPSA) is 127 Å². The second-order valence-corrected chi connectivity index (χ2v) is 7.10. The quantitative estimate of drug-likeness (QED) is 0.680. The van der Waals surface area contributed by atoms with Gasteiger partial charge in [-0.2, -0.15) is 4.72 Å². The minimum atomic E-state index is -3.99. The number of nitrogens with one attached hydrogen (secondary N) is 1. The SMILES string of the molecule is Cc1cc(S(=O)(=O)N[C@@H](CC(N)=O)C(=O)O)c(C)s1. The van der Waals surface area contributed by atoms with Gasteiger partial charge in [-0.15, -0.1) is 11.3 Å². The van der Waals surface area contributed by atoms with Crippen molar-refractivity contribution in [2.45, 2.75) is 31.2 Å². The first-order valence-electron chi connectivity index (χ1n) is 5.24. The molecule has 1 atom stereocenters. The number of sulfonamides is 1. The smallest absolute Gasteiger partial charge is 0.322 e.